The van der Waals surface area contributed by atoms with Crippen molar-refractivity contribution in [3.63, 3.8) is 0 Å². The summed E-state index contributed by atoms with van der Waals surface area (Å²) in [6, 6.07) is -1.61. The summed E-state index contributed by atoms with van der Waals surface area (Å²) in [4.78, 5) is 10.3. The van der Waals surface area contributed by atoms with Crippen LogP contribution in [0.25, 0.3) is 0 Å². The van der Waals surface area contributed by atoms with Gasteiger partial charge in [0.05, 0.1) is 6.10 Å². The van der Waals surface area contributed by atoms with Crippen molar-refractivity contribution >= 4 is 16.2 Å². The van der Waals surface area contributed by atoms with Gasteiger partial charge in [-0.1, -0.05) is 0 Å². The van der Waals surface area contributed by atoms with Gasteiger partial charge in [0.25, 0.3) is 10.2 Å². The molecular weight excluding hydrogens is 188 g/mol. The molecule has 0 aliphatic rings. The van der Waals surface area contributed by atoms with Crippen molar-refractivity contribution in [3.05, 3.63) is 0 Å². The van der Waals surface area contributed by atoms with E-state index in [-0.39, 0.29) is 0 Å². The van der Waals surface area contributed by atoms with Crippen molar-refractivity contribution in [1.29, 1.82) is 0 Å². The van der Waals surface area contributed by atoms with Gasteiger partial charge in [-0.25, -0.2) is 5.14 Å². The van der Waals surface area contributed by atoms with Crippen molar-refractivity contribution in [2.24, 2.45) is 5.14 Å². The van der Waals surface area contributed by atoms with Crippen molar-refractivity contribution in [2.45, 2.75) is 19.1 Å². The SMILES string of the molecule is C[C@@H](O)[C@H](NS(N)(=O)=O)C(=O)O. The normalized spacial score (nSPS) is 16.9. The van der Waals surface area contributed by atoms with Gasteiger partial charge in [0.15, 0.2) is 0 Å². The van der Waals surface area contributed by atoms with E-state index in [0.29, 0.717) is 0 Å². The van der Waals surface area contributed by atoms with Crippen LogP contribution in [-0.4, -0.2) is 36.7 Å². The van der Waals surface area contributed by atoms with Crippen LogP contribution in [0.15, 0.2) is 0 Å². The molecule has 0 aromatic rings. The second kappa shape index (κ2) is 3.81. The molecule has 0 fully saturated rings. The van der Waals surface area contributed by atoms with Gasteiger partial charge in [-0.15, -0.1) is 0 Å². The molecule has 72 valence electrons. The van der Waals surface area contributed by atoms with E-state index in [1.165, 1.54) is 0 Å². The van der Waals surface area contributed by atoms with Crippen LogP contribution >= 0.6 is 0 Å². The molecule has 0 unspecified atom stereocenters. The third-order valence-electron chi connectivity index (χ3n) is 1.04. The summed E-state index contributed by atoms with van der Waals surface area (Å²) in [5.41, 5.74) is 0. The number of aliphatic hydroxyl groups is 1. The fourth-order valence-corrected chi connectivity index (χ4v) is 1.18. The van der Waals surface area contributed by atoms with Crippen LogP contribution in [0.4, 0.5) is 0 Å². The van der Waals surface area contributed by atoms with E-state index >= 15 is 0 Å². The van der Waals surface area contributed by atoms with Crippen LogP contribution in [0.1, 0.15) is 6.92 Å². The lowest BCUT2D eigenvalue weighted by Gasteiger charge is -2.14. The zero-order valence-corrected chi connectivity index (χ0v) is 7.08. The summed E-state index contributed by atoms with van der Waals surface area (Å²) >= 11 is 0. The van der Waals surface area contributed by atoms with Crippen molar-refractivity contribution < 1.29 is 23.4 Å². The molecule has 0 heterocycles. The maximum absolute atomic E-state index is 10.3. The molecule has 7 nitrogen and oxygen atoms in total. The number of carboxylic acid groups (broad SMARTS) is 1. The van der Waals surface area contributed by atoms with Gasteiger partial charge < -0.3 is 10.2 Å². The molecule has 0 amide bonds. The fraction of sp³-hybridized carbons (Fsp3) is 0.750. The predicted molar refractivity (Wildman–Crippen MR) is 39.3 cm³/mol. The maximum Gasteiger partial charge on any atom is 0.324 e. The Morgan fingerprint density at radius 3 is 2.08 bits per heavy atom. The molecule has 0 aliphatic carbocycles. The quantitative estimate of drug-likeness (QED) is 0.400. The van der Waals surface area contributed by atoms with Gasteiger partial charge >= 0.3 is 5.97 Å². The molecule has 12 heavy (non-hydrogen) atoms. The minimum atomic E-state index is -4.10. The number of hydrogen-bond acceptors (Lipinski definition) is 4. The van der Waals surface area contributed by atoms with Crippen LogP contribution < -0.4 is 9.86 Å². The summed E-state index contributed by atoms with van der Waals surface area (Å²) in [5.74, 6) is -1.49. The second-order valence-corrected chi connectivity index (χ2v) is 3.55. The molecule has 2 atom stereocenters. The molecule has 0 aliphatic heterocycles. The van der Waals surface area contributed by atoms with E-state index in [2.05, 4.69) is 5.14 Å². The molecule has 0 bridgehead atoms. The number of nitrogens with one attached hydrogen (secondary N) is 1. The smallest absolute Gasteiger partial charge is 0.324 e. The van der Waals surface area contributed by atoms with Crippen LogP contribution in [0.2, 0.25) is 0 Å². The van der Waals surface area contributed by atoms with E-state index in [9.17, 15) is 13.2 Å². The predicted octanol–water partition coefficient (Wildman–Crippen LogP) is -2.39. The number of aliphatic carboxylic acids is 1. The summed E-state index contributed by atoms with van der Waals surface area (Å²) in [5, 5.41) is 21.6. The third-order valence-corrected chi connectivity index (χ3v) is 1.62. The first-order chi connectivity index (χ1) is 5.24. The minimum absolute atomic E-state index is 1.14. The van der Waals surface area contributed by atoms with Crippen molar-refractivity contribution in [3.8, 4) is 0 Å². The molecule has 0 rings (SSSR count). The Labute approximate surface area is 69.4 Å². The summed E-state index contributed by atoms with van der Waals surface area (Å²) in [6.07, 6.45) is -1.35. The summed E-state index contributed by atoms with van der Waals surface area (Å²) in [7, 11) is -4.10. The summed E-state index contributed by atoms with van der Waals surface area (Å²) in [6.45, 7) is 1.14. The lowest BCUT2D eigenvalue weighted by Crippen LogP contribution is -2.49. The highest BCUT2D eigenvalue weighted by atomic mass is 32.2. The average Bonchev–Trinajstić information content (AvgIpc) is 1.79. The Morgan fingerprint density at radius 1 is 1.58 bits per heavy atom. The molecule has 0 saturated heterocycles. The zero-order chi connectivity index (χ0) is 9.94. The Hall–Kier alpha value is -0.700. The molecule has 0 spiro atoms. The van der Waals surface area contributed by atoms with Crippen LogP contribution in [-0.2, 0) is 15.0 Å². The Balaban J connectivity index is 4.46. The van der Waals surface area contributed by atoms with Gasteiger partial charge in [0, 0.05) is 0 Å². The number of nitrogens with two attached hydrogens (primary N) is 1. The highest BCUT2D eigenvalue weighted by Gasteiger charge is 2.26. The number of carbonyl (C=O) groups is 1. The first-order valence-electron chi connectivity index (χ1n) is 2.95. The number of carboxylic acids is 1. The Bertz CT molecular complexity index is 259. The van der Waals surface area contributed by atoms with Gasteiger partial charge in [-0.05, 0) is 6.92 Å². The van der Waals surface area contributed by atoms with E-state index in [4.69, 9.17) is 10.2 Å². The highest BCUT2D eigenvalue weighted by Crippen LogP contribution is 1.93. The molecule has 0 aromatic carbocycles. The first kappa shape index (κ1) is 11.3. The topological polar surface area (TPSA) is 130 Å². The van der Waals surface area contributed by atoms with Crippen molar-refractivity contribution in [1.82, 2.24) is 4.72 Å². The molecule has 0 aromatic heterocycles. The van der Waals surface area contributed by atoms with Gasteiger partial charge in [0.2, 0.25) is 0 Å². The second-order valence-electron chi connectivity index (χ2n) is 2.22. The van der Waals surface area contributed by atoms with E-state index < -0.39 is 28.3 Å². The maximum atomic E-state index is 10.3. The molecule has 8 heteroatoms. The van der Waals surface area contributed by atoms with E-state index in [1.807, 2.05) is 0 Å². The van der Waals surface area contributed by atoms with Crippen LogP contribution in [0.5, 0.6) is 0 Å². The molecular formula is C4H10N2O5S. The van der Waals surface area contributed by atoms with E-state index in [1.54, 1.807) is 4.72 Å². The number of hydrogen-bond donors (Lipinski definition) is 4. The zero-order valence-electron chi connectivity index (χ0n) is 6.26. The minimum Gasteiger partial charge on any atom is -0.480 e. The third kappa shape index (κ3) is 4.23. The molecule has 5 N–H and O–H groups in total. The lowest BCUT2D eigenvalue weighted by molar-refractivity contribution is -0.141. The summed E-state index contributed by atoms with van der Waals surface area (Å²) < 4.78 is 22.2. The van der Waals surface area contributed by atoms with E-state index in [0.717, 1.165) is 6.92 Å². The number of rotatable bonds is 4. The monoisotopic (exact) mass is 198 g/mol. The van der Waals surface area contributed by atoms with Crippen molar-refractivity contribution in [2.75, 3.05) is 0 Å². The molecule has 0 saturated carbocycles. The Kier molecular flexibility index (Phi) is 3.58. The van der Waals surface area contributed by atoms with Crippen LogP contribution in [0, 0.1) is 0 Å². The fourth-order valence-electron chi connectivity index (χ4n) is 0.532. The lowest BCUT2D eigenvalue weighted by atomic mass is 10.2. The average molecular weight is 198 g/mol. The van der Waals surface area contributed by atoms with Gasteiger partial charge in [-0.3, -0.25) is 4.79 Å². The standard InChI is InChI=1S/C4H10N2O5S/c1-2(7)3(4(8)9)6-12(5,10)11/h2-3,6-7H,1H3,(H,8,9)(H2,5,10,11)/t2-,3+/m1/s1. The number of aliphatic hydroxyl groups excluding tert-OH is 1. The Morgan fingerprint density at radius 2 is 2.00 bits per heavy atom. The largest absolute Gasteiger partial charge is 0.480 e. The van der Waals surface area contributed by atoms with Crippen LogP contribution in [0.3, 0.4) is 0 Å². The first-order valence-corrected chi connectivity index (χ1v) is 4.49. The van der Waals surface area contributed by atoms with Gasteiger partial charge in [0.1, 0.15) is 6.04 Å². The van der Waals surface area contributed by atoms with Gasteiger partial charge in [-0.2, -0.15) is 13.1 Å². The molecule has 0 radical (unpaired) electrons. The highest BCUT2D eigenvalue weighted by molar-refractivity contribution is 7.87.